The normalized spacial score (nSPS) is 10.9. The summed E-state index contributed by atoms with van der Waals surface area (Å²) in [4.78, 5) is 16.7. The first-order valence-electron chi connectivity index (χ1n) is 5.95. The molecule has 0 fully saturated rings. The molecule has 2 aromatic rings. The summed E-state index contributed by atoms with van der Waals surface area (Å²) < 4.78 is 5.08. The van der Waals surface area contributed by atoms with Crippen LogP contribution in [-0.4, -0.2) is 18.9 Å². The van der Waals surface area contributed by atoms with Gasteiger partial charge < -0.3 is 15.3 Å². The molecule has 0 saturated heterocycles. The highest BCUT2D eigenvalue weighted by Crippen LogP contribution is 2.18. The van der Waals surface area contributed by atoms with Crippen LogP contribution in [0.25, 0.3) is 0 Å². The lowest BCUT2D eigenvalue weighted by molar-refractivity contribution is 0.0512. The van der Waals surface area contributed by atoms with E-state index < -0.39 is 5.97 Å². The van der Waals surface area contributed by atoms with Crippen molar-refractivity contribution in [2.45, 2.75) is 0 Å². The molecule has 2 rings (SSSR count). The zero-order valence-corrected chi connectivity index (χ0v) is 10.9. The molecule has 0 spiro atoms. The number of oxime groups is 1. The van der Waals surface area contributed by atoms with Crippen molar-refractivity contribution in [1.29, 1.82) is 0 Å². The van der Waals surface area contributed by atoms with E-state index in [-0.39, 0.29) is 5.84 Å². The number of benzene rings is 2. The highest BCUT2D eigenvalue weighted by Gasteiger charge is 2.13. The van der Waals surface area contributed by atoms with Gasteiger partial charge in [0.05, 0.1) is 7.11 Å². The molecule has 0 aliphatic carbocycles. The van der Waals surface area contributed by atoms with Crippen LogP contribution in [0.1, 0.15) is 15.9 Å². The van der Waals surface area contributed by atoms with Gasteiger partial charge in [0.25, 0.3) is 0 Å². The van der Waals surface area contributed by atoms with Crippen LogP contribution in [-0.2, 0) is 4.84 Å². The minimum Gasteiger partial charge on any atom is -0.496 e. The smallest absolute Gasteiger partial charge is 0.369 e. The summed E-state index contributed by atoms with van der Waals surface area (Å²) in [5.74, 6) is -0.0684. The maximum Gasteiger partial charge on any atom is 0.369 e. The quantitative estimate of drug-likeness (QED) is 0.400. The number of nitrogens with zero attached hydrogens (tertiary/aromatic N) is 1. The number of hydrogen-bond donors (Lipinski definition) is 1. The SMILES string of the molecule is COc1ccccc1C(=O)O/N=C(\N)c1ccccc1. The lowest BCUT2D eigenvalue weighted by Crippen LogP contribution is -2.15. The van der Waals surface area contributed by atoms with Gasteiger partial charge in [-0.1, -0.05) is 47.6 Å². The summed E-state index contributed by atoms with van der Waals surface area (Å²) in [6.07, 6.45) is 0. The summed E-state index contributed by atoms with van der Waals surface area (Å²) in [6.45, 7) is 0. The molecule has 0 aromatic heterocycles. The van der Waals surface area contributed by atoms with Crippen molar-refractivity contribution in [3.05, 3.63) is 65.7 Å². The Labute approximate surface area is 116 Å². The average molecular weight is 270 g/mol. The number of para-hydroxylation sites is 1. The maximum absolute atomic E-state index is 11.9. The van der Waals surface area contributed by atoms with Crippen LogP contribution in [0, 0.1) is 0 Å². The van der Waals surface area contributed by atoms with E-state index >= 15 is 0 Å². The van der Waals surface area contributed by atoms with E-state index in [9.17, 15) is 4.79 Å². The molecule has 0 unspecified atom stereocenters. The minimum absolute atomic E-state index is 0.133. The van der Waals surface area contributed by atoms with Gasteiger partial charge in [-0.25, -0.2) is 4.79 Å². The van der Waals surface area contributed by atoms with Crippen LogP contribution in [0.3, 0.4) is 0 Å². The largest absolute Gasteiger partial charge is 0.496 e. The lowest BCUT2D eigenvalue weighted by atomic mass is 10.2. The summed E-state index contributed by atoms with van der Waals surface area (Å²) in [5.41, 5.74) is 6.71. The molecular formula is C15H14N2O3. The van der Waals surface area contributed by atoms with Gasteiger partial charge in [-0.05, 0) is 12.1 Å². The molecule has 102 valence electrons. The average Bonchev–Trinajstić information content (AvgIpc) is 2.53. The highest BCUT2D eigenvalue weighted by molar-refractivity contribution is 5.98. The molecule has 0 saturated carbocycles. The molecule has 0 atom stereocenters. The molecule has 0 radical (unpaired) electrons. The number of nitrogens with two attached hydrogens (primary N) is 1. The first-order chi connectivity index (χ1) is 9.72. The van der Waals surface area contributed by atoms with E-state index in [1.165, 1.54) is 7.11 Å². The van der Waals surface area contributed by atoms with Crippen LogP contribution < -0.4 is 10.5 Å². The third kappa shape index (κ3) is 3.14. The van der Waals surface area contributed by atoms with Crippen LogP contribution in [0.2, 0.25) is 0 Å². The molecule has 5 nitrogen and oxygen atoms in total. The predicted octanol–water partition coefficient (Wildman–Crippen LogP) is 2.17. The number of amidine groups is 1. The van der Waals surface area contributed by atoms with Gasteiger partial charge in [-0.3, -0.25) is 0 Å². The van der Waals surface area contributed by atoms with Crippen LogP contribution in [0.15, 0.2) is 59.8 Å². The van der Waals surface area contributed by atoms with Crippen molar-refractivity contribution < 1.29 is 14.4 Å². The van der Waals surface area contributed by atoms with Gasteiger partial charge in [0.15, 0.2) is 5.84 Å². The molecule has 2 N–H and O–H groups in total. The van der Waals surface area contributed by atoms with Gasteiger partial charge in [0.1, 0.15) is 11.3 Å². The van der Waals surface area contributed by atoms with Crippen LogP contribution in [0.5, 0.6) is 5.75 Å². The maximum atomic E-state index is 11.9. The van der Waals surface area contributed by atoms with Gasteiger partial charge in [-0.2, -0.15) is 0 Å². The van der Waals surface area contributed by atoms with Crippen LogP contribution >= 0.6 is 0 Å². The van der Waals surface area contributed by atoms with Crippen molar-refractivity contribution in [3.8, 4) is 5.75 Å². The summed E-state index contributed by atoms with van der Waals surface area (Å²) in [7, 11) is 1.48. The van der Waals surface area contributed by atoms with E-state index in [0.29, 0.717) is 16.9 Å². The van der Waals surface area contributed by atoms with Gasteiger partial charge in [-0.15, -0.1) is 0 Å². The third-order valence-corrected chi connectivity index (χ3v) is 2.62. The minimum atomic E-state index is -0.624. The van der Waals surface area contributed by atoms with Crippen molar-refractivity contribution in [1.82, 2.24) is 0 Å². The molecule has 0 amide bonds. The topological polar surface area (TPSA) is 73.9 Å². The molecule has 0 heterocycles. The predicted molar refractivity (Wildman–Crippen MR) is 75.6 cm³/mol. The number of rotatable bonds is 4. The molecule has 20 heavy (non-hydrogen) atoms. The second-order valence-corrected chi connectivity index (χ2v) is 3.92. The Morgan fingerprint density at radius 3 is 2.40 bits per heavy atom. The Kier molecular flexibility index (Phi) is 4.34. The Bertz CT molecular complexity index is 624. The Morgan fingerprint density at radius 1 is 1.05 bits per heavy atom. The number of carbonyl (C=O) groups excluding carboxylic acids is 1. The number of carbonyl (C=O) groups is 1. The van der Waals surface area contributed by atoms with Crippen molar-refractivity contribution >= 4 is 11.8 Å². The van der Waals surface area contributed by atoms with E-state index in [1.54, 1.807) is 36.4 Å². The molecule has 5 heteroatoms. The number of ether oxygens (including phenoxy) is 1. The van der Waals surface area contributed by atoms with Gasteiger partial charge in [0.2, 0.25) is 0 Å². The highest BCUT2D eigenvalue weighted by atomic mass is 16.7. The third-order valence-electron chi connectivity index (χ3n) is 2.62. The Hall–Kier alpha value is -2.82. The molecule has 0 aliphatic rings. The summed E-state index contributed by atoms with van der Waals surface area (Å²) in [5, 5.41) is 3.64. The summed E-state index contributed by atoms with van der Waals surface area (Å²) in [6, 6.07) is 15.8. The molecule has 2 aromatic carbocycles. The second kappa shape index (κ2) is 6.38. The zero-order valence-electron chi connectivity index (χ0n) is 10.9. The fourth-order valence-electron chi connectivity index (χ4n) is 1.61. The zero-order chi connectivity index (χ0) is 14.4. The number of hydrogen-bond acceptors (Lipinski definition) is 4. The van der Waals surface area contributed by atoms with Crippen molar-refractivity contribution in [3.63, 3.8) is 0 Å². The van der Waals surface area contributed by atoms with Crippen molar-refractivity contribution in [2.24, 2.45) is 10.9 Å². The Balaban J connectivity index is 2.12. The summed E-state index contributed by atoms with van der Waals surface area (Å²) >= 11 is 0. The monoisotopic (exact) mass is 270 g/mol. The standard InChI is InChI=1S/C15H14N2O3/c1-19-13-10-6-5-9-12(13)15(18)20-17-14(16)11-7-3-2-4-8-11/h2-10H,1H3,(H2,16,17). The fraction of sp³-hybridized carbons (Fsp3) is 0.0667. The van der Waals surface area contributed by atoms with Gasteiger partial charge in [0, 0.05) is 5.56 Å². The fourth-order valence-corrected chi connectivity index (χ4v) is 1.61. The Morgan fingerprint density at radius 2 is 1.70 bits per heavy atom. The van der Waals surface area contributed by atoms with Crippen molar-refractivity contribution in [2.75, 3.05) is 7.11 Å². The van der Waals surface area contributed by atoms with Crippen LogP contribution in [0.4, 0.5) is 0 Å². The first-order valence-corrected chi connectivity index (χ1v) is 5.95. The lowest BCUT2D eigenvalue weighted by Gasteiger charge is -2.05. The molecule has 0 bridgehead atoms. The molecular weight excluding hydrogens is 256 g/mol. The number of methoxy groups -OCH3 is 1. The molecule has 0 aliphatic heterocycles. The first kappa shape index (κ1) is 13.6. The van der Waals surface area contributed by atoms with E-state index in [0.717, 1.165) is 0 Å². The second-order valence-electron chi connectivity index (χ2n) is 3.92. The van der Waals surface area contributed by atoms with E-state index in [2.05, 4.69) is 5.16 Å². The van der Waals surface area contributed by atoms with E-state index in [1.807, 2.05) is 18.2 Å². The van der Waals surface area contributed by atoms with E-state index in [4.69, 9.17) is 15.3 Å². The van der Waals surface area contributed by atoms with Gasteiger partial charge >= 0.3 is 5.97 Å².